The average Bonchev–Trinajstić information content (AvgIpc) is 2.45. The molecular formula is C14H19BrClNO3. The number of benzene rings is 1. The Bertz CT molecular complexity index is 446. The van der Waals surface area contributed by atoms with E-state index in [-0.39, 0.29) is 12.7 Å². The molecule has 0 aliphatic carbocycles. The van der Waals surface area contributed by atoms with Gasteiger partial charge in [-0.15, -0.1) is 0 Å². The number of hydrogen-bond donors (Lipinski definition) is 2. The zero-order valence-corrected chi connectivity index (χ0v) is 13.5. The number of halogens is 2. The highest BCUT2D eigenvalue weighted by Crippen LogP contribution is 2.28. The minimum absolute atomic E-state index is 0.0393. The van der Waals surface area contributed by atoms with Gasteiger partial charge in [0.1, 0.15) is 0 Å². The minimum atomic E-state index is -0.578. The fourth-order valence-corrected chi connectivity index (χ4v) is 3.13. The van der Waals surface area contributed by atoms with Gasteiger partial charge in [0, 0.05) is 29.1 Å². The Kier molecular flexibility index (Phi) is 6.26. The van der Waals surface area contributed by atoms with Crippen LogP contribution < -0.4 is 0 Å². The first-order chi connectivity index (χ1) is 9.60. The van der Waals surface area contributed by atoms with Crippen molar-refractivity contribution in [2.24, 2.45) is 0 Å². The summed E-state index contributed by atoms with van der Waals surface area (Å²) < 4.78 is 6.30. The Balaban J connectivity index is 1.86. The summed E-state index contributed by atoms with van der Waals surface area (Å²) in [6, 6.07) is 5.50. The SMILES string of the molecule is OCC1CN(CCC(O)c2ccc(Br)cc2Cl)CCO1. The number of hydrogen-bond acceptors (Lipinski definition) is 4. The molecule has 2 rings (SSSR count). The van der Waals surface area contributed by atoms with Gasteiger partial charge in [-0.3, -0.25) is 4.90 Å². The van der Waals surface area contributed by atoms with E-state index >= 15 is 0 Å². The van der Waals surface area contributed by atoms with E-state index in [1.807, 2.05) is 12.1 Å². The molecule has 2 atom stereocenters. The largest absolute Gasteiger partial charge is 0.394 e. The predicted molar refractivity (Wildman–Crippen MR) is 82.0 cm³/mol. The van der Waals surface area contributed by atoms with E-state index in [0.29, 0.717) is 24.6 Å². The Morgan fingerprint density at radius 3 is 3.00 bits per heavy atom. The number of ether oxygens (including phenoxy) is 1. The molecule has 1 aromatic carbocycles. The zero-order valence-electron chi connectivity index (χ0n) is 11.1. The quantitative estimate of drug-likeness (QED) is 0.841. The lowest BCUT2D eigenvalue weighted by atomic mass is 10.1. The minimum Gasteiger partial charge on any atom is -0.394 e. The molecule has 4 nitrogen and oxygen atoms in total. The van der Waals surface area contributed by atoms with Gasteiger partial charge in [0.25, 0.3) is 0 Å². The summed E-state index contributed by atoms with van der Waals surface area (Å²) in [5, 5.41) is 19.9. The summed E-state index contributed by atoms with van der Waals surface area (Å²) in [4.78, 5) is 2.19. The van der Waals surface area contributed by atoms with Crippen molar-refractivity contribution in [1.29, 1.82) is 0 Å². The lowest BCUT2D eigenvalue weighted by Gasteiger charge is -2.32. The molecule has 1 aromatic rings. The monoisotopic (exact) mass is 363 g/mol. The molecule has 1 aliphatic heterocycles. The van der Waals surface area contributed by atoms with Crippen molar-refractivity contribution in [3.63, 3.8) is 0 Å². The third-order valence-corrected chi connectivity index (χ3v) is 4.29. The summed E-state index contributed by atoms with van der Waals surface area (Å²) >= 11 is 9.48. The summed E-state index contributed by atoms with van der Waals surface area (Å²) in [5.41, 5.74) is 0.752. The number of morpholine rings is 1. The van der Waals surface area contributed by atoms with Crippen LogP contribution in [-0.4, -0.2) is 54.1 Å². The Morgan fingerprint density at radius 1 is 1.50 bits per heavy atom. The maximum atomic E-state index is 10.2. The van der Waals surface area contributed by atoms with Crippen LogP contribution in [0.2, 0.25) is 5.02 Å². The Morgan fingerprint density at radius 2 is 2.30 bits per heavy atom. The van der Waals surface area contributed by atoms with E-state index in [1.165, 1.54) is 0 Å². The van der Waals surface area contributed by atoms with E-state index in [2.05, 4.69) is 20.8 Å². The average molecular weight is 365 g/mol. The van der Waals surface area contributed by atoms with Gasteiger partial charge in [-0.2, -0.15) is 0 Å². The van der Waals surface area contributed by atoms with Crippen LogP contribution in [0.1, 0.15) is 18.1 Å². The third kappa shape index (κ3) is 4.41. The molecule has 1 fully saturated rings. The first kappa shape index (κ1) is 16.2. The molecule has 20 heavy (non-hydrogen) atoms. The Labute approximate surface area is 132 Å². The van der Waals surface area contributed by atoms with Crippen LogP contribution in [0.25, 0.3) is 0 Å². The molecule has 1 aliphatic rings. The van der Waals surface area contributed by atoms with Crippen LogP contribution in [0.15, 0.2) is 22.7 Å². The van der Waals surface area contributed by atoms with Crippen molar-refractivity contribution in [2.45, 2.75) is 18.6 Å². The van der Waals surface area contributed by atoms with Crippen LogP contribution in [0.3, 0.4) is 0 Å². The van der Waals surface area contributed by atoms with Crippen LogP contribution >= 0.6 is 27.5 Å². The third-order valence-electron chi connectivity index (χ3n) is 3.47. The van der Waals surface area contributed by atoms with Gasteiger partial charge >= 0.3 is 0 Å². The van der Waals surface area contributed by atoms with Gasteiger partial charge in [-0.1, -0.05) is 33.6 Å². The maximum Gasteiger partial charge on any atom is 0.0932 e. The predicted octanol–water partition coefficient (Wildman–Crippen LogP) is 2.22. The molecule has 0 bridgehead atoms. The second-order valence-electron chi connectivity index (χ2n) is 4.95. The van der Waals surface area contributed by atoms with Crippen molar-refractivity contribution < 1.29 is 14.9 Å². The molecule has 6 heteroatoms. The van der Waals surface area contributed by atoms with Gasteiger partial charge < -0.3 is 14.9 Å². The first-order valence-electron chi connectivity index (χ1n) is 6.68. The van der Waals surface area contributed by atoms with E-state index in [0.717, 1.165) is 23.1 Å². The highest BCUT2D eigenvalue weighted by Gasteiger charge is 2.21. The number of nitrogens with zero attached hydrogens (tertiary/aromatic N) is 1. The molecule has 2 N–H and O–H groups in total. The highest BCUT2D eigenvalue weighted by atomic mass is 79.9. The fraction of sp³-hybridized carbons (Fsp3) is 0.571. The number of aliphatic hydroxyl groups is 2. The van der Waals surface area contributed by atoms with Crippen molar-refractivity contribution in [1.82, 2.24) is 4.90 Å². The summed E-state index contributed by atoms with van der Waals surface area (Å²) in [5.74, 6) is 0. The van der Waals surface area contributed by atoms with Gasteiger partial charge in [0.05, 0.1) is 25.4 Å². The van der Waals surface area contributed by atoms with Crippen LogP contribution in [0, 0.1) is 0 Å². The summed E-state index contributed by atoms with van der Waals surface area (Å²) in [6.07, 6.45) is -0.0809. The molecule has 0 amide bonds. The van der Waals surface area contributed by atoms with Crippen LogP contribution in [0.5, 0.6) is 0 Å². The van der Waals surface area contributed by atoms with Crippen LogP contribution in [-0.2, 0) is 4.74 Å². The Hall–Kier alpha value is -0.170. The molecule has 112 valence electrons. The fourth-order valence-electron chi connectivity index (χ4n) is 2.33. The van der Waals surface area contributed by atoms with E-state index in [4.69, 9.17) is 21.4 Å². The molecule has 0 spiro atoms. The van der Waals surface area contributed by atoms with E-state index in [1.54, 1.807) is 6.07 Å². The van der Waals surface area contributed by atoms with Crippen LogP contribution in [0.4, 0.5) is 0 Å². The van der Waals surface area contributed by atoms with Gasteiger partial charge in [-0.25, -0.2) is 0 Å². The summed E-state index contributed by atoms with van der Waals surface area (Å²) in [6.45, 7) is 2.96. The van der Waals surface area contributed by atoms with Gasteiger partial charge in [-0.05, 0) is 24.1 Å². The summed E-state index contributed by atoms with van der Waals surface area (Å²) in [7, 11) is 0. The molecule has 1 saturated heterocycles. The topological polar surface area (TPSA) is 52.9 Å². The molecule has 2 unspecified atom stereocenters. The molecule has 0 radical (unpaired) electrons. The molecule has 0 saturated carbocycles. The van der Waals surface area contributed by atoms with Crippen molar-refractivity contribution >= 4 is 27.5 Å². The lowest BCUT2D eigenvalue weighted by Crippen LogP contribution is -2.44. The van der Waals surface area contributed by atoms with Crippen molar-refractivity contribution in [3.05, 3.63) is 33.3 Å². The second kappa shape index (κ2) is 7.73. The first-order valence-corrected chi connectivity index (χ1v) is 7.85. The van der Waals surface area contributed by atoms with Crippen molar-refractivity contribution in [2.75, 3.05) is 32.8 Å². The number of rotatable bonds is 5. The molecule has 1 heterocycles. The van der Waals surface area contributed by atoms with Gasteiger partial charge in [0.2, 0.25) is 0 Å². The molecular weight excluding hydrogens is 346 g/mol. The smallest absolute Gasteiger partial charge is 0.0932 e. The second-order valence-corrected chi connectivity index (χ2v) is 6.27. The van der Waals surface area contributed by atoms with Gasteiger partial charge in [0.15, 0.2) is 0 Å². The highest BCUT2D eigenvalue weighted by molar-refractivity contribution is 9.10. The van der Waals surface area contributed by atoms with E-state index in [9.17, 15) is 5.11 Å². The number of aliphatic hydroxyl groups excluding tert-OH is 2. The van der Waals surface area contributed by atoms with Crippen molar-refractivity contribution in [3.8, 4) is 0 Å². The maximum absolute atomic E-state index is 10.2. The van der Waals surface area contributed by atoms with E-state index < -0.39 is 6.10 Å². The zero-order chi connectivity index (χ0) is 14.5. The normalized spacial score (nSPS) is 21.9. The standard InChI is InChI=1S/C14H19BrClNO3/c15-10-1-2-12(13(16)7-10)14(19)3-4-17-5-6-20-11(8-17)9-18/h1-2,7,11,14,18-19H,3-6,8-9H2. The lowest BCUT2D eigenvalue weighted by molar-refractivity contribution is -0.0551. The molecule has 0 aromatic heterocycles.